The monoisotopic (exact) mass is 339 g/mol. The van der Waals surface area contributed by atoms with E-state index < -0.39 is 0 Å². The number of aryl methyl sites for hydroxylation is 1. The molecule has 3 aromatic rings. The normalized spacial score (nSPS) is 12.9. The highest BCUT2D eigenvalue weighted by Gasteiger charge is 2.12. The minimum absolute atomic E-state index is 0.263. The predicted molar refractivity (Wildman–Crippen MR) is 95.3 cm³/mol. The first-order valence-corrected chi connectivity index (χ1v) is 7.82. The van der Waals surface area contributed by atoms with Crippen molar-refractivity contribution in [3.8, 4) is 11.5 Å². The van der Waals surface area contributed by atoms with Crippen LogP contribution in [0.25, 0.3) is 10.9 Å². The summed E-state index contributed by atoms with van der Waals surface area (Å²) in [6.45, 7) is 2.20. The topological polar surface area (TPSA) is 55.7 Å². The summed E-state index contributed by atoms with van der Waals surface area (Å²) in [6, 6.07) is 13.3. The molecule has 0 atom stereocenters. The molecule has 1 aliphatic heterocycles. The highest BCUT2D eigenvalue weighted by molar-refractivity contribution is 6.31. The van der Waals surface area contributed by atoms with Crippen LogP contribution < -0.4 is 14.9 Å². The lowest BCUT2D eigenvalue weighted by molar-refractivity contribution is 0.174. The lowest BCUT2D eigenvalue weighted by Crippen LogP contribution is -1.95. The molecule has 0 saturated heterocycles. The third-order valence-electron chi connectivity index (χ3n) is 3.70. The summed E-state index contributed by atoms with van der Waals surface area (Å²) >= 11 is 6.04. The van der Waals surface area contributed by atoms with E-state index >= 15 is 0 Å². The van der Waals surface area contributed by atoms with Gasteiger partial charge in [-0.15, -0.1) is 0 Å². The van der Waals surface area contributed by atoms with Crippen molar-refractivity contribution >= 4 is 34.4 Å². The van der Waals surface area contributed by atoms with E-state index in [4.69, 9.17) is 21.1 Å². The highest BCUT2D eigenvalue weighted by Crippen LogP contribution is 2.32. The number of anilines is 1. The van der Waals surface area contributed by atoms with Gasteiger partial charge in [-0.1, -0.05) is 11.6 Å². The van der Waals surface area contributed by atoms with Crippen LogP contribution >= 0.6 is 11.6 Å². The van der Waals surface area contributed by atoms with Gasteiger partial charge in [-0.2, -0.15) is 5.10 Å². The Kier molecular flexibility index (Phi) is 3.70. The molecule has 120 valence electrons. The molecule has 2 heterocycles. The van der Waals surface area contributed by atoms with Gasteiger partial charge in [-0.3, -0.25) is 10.4 Å². The van der Waals surface area contributed by atoms with Crippen LogP contribution in [-0.2, 0) is 0 Å². The molecule has 0 unspecified atom stereocenters. The van der Waals surface area contributed by atoms with Crippen LogP contribution in [0.15, 0.2) is 47.6 Å². The SMILES string of the molecule is Cc1cc(N/N=C/c2ccc3c(c2)OCO3)c2ccc(Cl)cc2n1. The van der Waals surface area contributed by atoms with Gasteiger partial charge in [0.05, 0.1) is 17.4 Å². The van der Waals surface area contributed by atoms with E-state index in [9.17, 15) is 0 Å². The van der Waals surface area contributed by atoms with Crippen LogP contribution in [0.5, 0.6) is 11.5 Å². The maximum Gasteiger partial charge on any atom is 0.231 e. The molecule has 0 fully saturated rings. The second-order valence-electron chi connectivity index (χ2n) is 5.46. The highest BCUT2D eigenvalue weighted by atomic mass is 35.5. The summed E-state index contributed by atoms with van der Waals surface area (Å²) in [5.74, 6) is 1.49. The molecule has 24 heavy (non-hydrogen) atoms. The van der Waals surface area contributed by atoms with Crippen LogP contribution in [0.2, 0.25) is 5.02 Å². The quantitative estimate of drug-likeness (QED) is 0.568. The number of nitrogens with zero attached hydrogens (tertiary/aromatic N) is 2. The van der Waals surface area contributed by atoms with E-state index in [0.717, 1.165) is 39.3 Å². The number of rotatable bonds is 3. The average Bonchev–Trinajstić information content (AvgIpc) is 3.02. The molecular weight excluding hydrogens is 326 g/mol. The number of hydrogen-bond acceptors (Lipinski definition) is 5. The summed E-state index contributed by atoms with van der Waals surface area (Å²) in [5, 5.41) is 5.95. The molecule has 2 aromatic carbocycles. The minimum Gasteiger partial charge on any atom is -0.454 e. The molecule has 0 radical (unpaired) electrons. The Bertz CT molecular complexity index is 951. The number of aromatic nitrogens is 1. The number of hydrazone groups is 1. The Labute approximate surface area is 143 Å². The number of nitrogens with one attached hydrogen (secondary N) is 1. The van der Waals surface area contributed by atoms with Crippen molar-refractivity contribution in [1.29, 1.82) is 0 Å². The Morgan fingerprint density at radius 2 is 2.00 bits per heavy atom. The van der Waals surface area contributed by atoms with Crippen LogP contribution in [-0.4, -0.2) is 18.0 Å². The number of halogens is 1. The fourth-order valence-corrected chi connectivity index (χ4v) is 2.76. The number of ether oxygens (including phenoxy) is 2. The van der Waals surface area contributed by atoms with Gasteiger partial charge < -0.3 is 9.47 Å². The molecule has 1 aromatic heterocycles. The van der Waals surface area contributed by atoms with E-state index in [1.165, 1.54) is 0 Å². The Morgan fingerprint density at radius 3 is 2.92 bits per heavy atom. The zero-order valence-corrected chi connectivity index (χ0v) is 13.7. The molecule has 1 N–H and O–H groups in total. The van der Waals surface area contributed by atoms with Crippen molar-refractivity contribution < 1.29 is 9.47 Å². The van der Waals surface area contributed by atoms with E-state index in [1.54, 1.807) is 6.21 Å². The van der Waals surface area contributed by atoms with Gasteiger partial charge in [0.25, 0.3) is 0 Å². The fraction of sp³-hybridized carbons (Fsp3) is 0.111. The third kappa shape index (κ3) is 2.86. The number of benzene rings is 2. The molecule has 0 saturated carbocycles. The van der Waals surface area contributed by atoms with Crippen molar-refractivity contribution in [3.63, 3.8) is 0 Å². The molecule has 0 aliphatic carbocycles. The summed E-state index contributed by atoms with van der Waals surface area (Å²) in [6.07, 6.45) is 1.74. The fourth-order valence-electron chi connectivity index (χ4n) is 2.60. The van der Waals surface area contributed by atoms with E-state index in [0.29, 0.717) is 5.02 Å². The first-order valence-electron chi connectivity index (χ1n) is 7.45. The zero-order chi connectivity index (χ0) is 16.5. The largest absolute Gasteiger partial charge is 0.454 e. The van der Waals surface area contributed by atoms with Crippen LogP contribution in [0.4, 0.5) is 5.69 Å². The first-order chi connectivity index (χ1) is 11.7. The number of hydrogen-bond donors (Lipinski definition) is 1. The first kappa shape index (κ1) is 14.8. The van der Waals surface area contributed by atoms with Crippen molar-refractivity contribution in [2.24, 2.45) is 5.10 Å². The predicted octanol–water partition coefficient (Wildman–Crippen LogP) is 4.37. The van der Waals surface area contributed by atoms with Gasteiger partial charge in [0, 0.05) is 16.1 Å². The summed E-state index contributed by atoms with van der Waals surface area (Å²) < 4.78 is 10.7. The van der Waals surface area contributed by atoms with Gasteiger partial charge in [-0.25, -0.2) is 0 Å². The third-order valence-corrected chi connectivity index (χ3v) is 3.93. The smallest absolute Gasteiger partial charge is 0.231 e. The van der Waals surface area contributed by atoms with Crippen molar-refractivity contribution in [2.75, 3.05) is 12.2 Å². The van der Waals surface area contributed by atoms with Crippen molar-refractivity contribution in [1.82, 2.24) is 4.98 Å². The lowest BCUT2D eigenvalue weighted by atomic mass is 10.1. The Morgan fingerprint density at radius 1 is 1.12 bits per heavy atom. The summed E-state index contributed by atoms with van der Waals surface area (Å²) in [7, 11) is 0. The standard InChI is InChI=1S/C18H14ClN3O2/c1-11-6-16(14-4-3-13(19)8-15(14)21-11)22-20-9-12-2-5-17-18(7-12)24-10-23-17/h2-9H,10H2,1H3,(H,21,22)/b20-9+. The van der Waals surface area contributed by atoms with Crippen LogP contribution in [0, 0.1) is 6.92 Å². The summed E-state index contributed by atoms with van der Waals surface area (Å²) in [5.41, 5.74) is 6.61. The van der Waals surface area contributed by atoms with Gasteiger partial charge >= 0.3 is 0 Å². The maximum atomic E-state index is 6.04. The van der Waals surface area contributed by atoms with Crippen molar-refractivity contribution in [2.45, 2.75) is 6.92 Å². The molecule has 6 heteroatoms. The number of pyridine rings is 1. The Hall–Kier alpha value is -2.79. The van der Waals surface area contributed by atoms with Gasteiger partial charge in [-0.05, 0) is 55.0 Å². The van der Waals surface area contributed by atoms with Crippen molar-refractivity contribution in [3.05, 3.63) is 58.7 Å². The second kappa shape index (κ2) is 6.02. The number of fused-ring (bicyclic) bond motifs is 2. The average molecular weight is 340 g/mol. The van der Waals surface area contributed by atoms with E-state index in [1.807, 2.05) is 49.4 Å². The lowest BCUT2D eigenvalue weighted by Gasteiger charge is -2.07. The maximum absolute atomic E-state index is 6.04. The zero-order valence-electron chi connectivity index (χ0n) is 12.9. The summed E-state index contributed by atoms with van der Waals surface area (Å²) in [4.78, 5) is 4.50. The minimum atomic E-state index is 0.263. The Balaban J connectivity index is 1.60. The molecule has 0 amide bonds. The molecule has 4 rings (SSSR count). The second-order valence-corrected chi connectivity index (χ2v) is 5.89. The molecule has 5 nitrogen and oxygen atoms in total. The van der Waals surface area contributed by atoms with Gasteiger partial charge in [0.1, 0.15) is 0 Å². The molecule has 1 aliphatic rings. The van der Waals surface area contributed by atoms with E-state index in [-0.39, 0.29) is 6.79 Å². The molecular formula is C18H14ClN3O2. The van der Waals surface area contributed by atoms with E-state index in [2.05, 4.69) is 15.5 Å². The molecule has 0 spiro atoms. The van der Waals surface area contributed by atoms with Crippen LogP contribution in [0.3, 0.4) is 0 Å². The van der Waals surface area contributed by atoms with Crippen LogP contribution in [0.1, 0.15) is 11.3 Å². The van der Waals surface area contributed by atoms with Gasteiger partial charge in [0.2, 0.25) is 6.79 Å². The van der Waals surface area contributed by atoms with Gasteiger partial charge in [0.15, 0.2) is 11.5 Å². The molecule has 0 bridgehead atoms.